The zero-order chi connectivity index (χ0) is 8.81. The molecule has 70 valence electrons. The van der Waals surface area contributed by atoms with E-state index < -0.39 is 0 Å². The van der Waals surface area contributed by atoms with Gasteiger partial charge in [-0.25, -0.2) is 0 Å². The Hall–Kier alpha value is -0.340. The molecule has 0 amide bonds. The van der Waals surface area contributed by atoms with E-state index in [1.807, 2.05) is 0 Å². The molecule has 0 radical (unpaired) electrons. The third kappa shape index (κ3) is 2.95. The molecule has 0 spiro atoms. The van der Waals surface area contributed by atoms with Crippen LogP contribution in [0.25, 0.3) is 0 Å². The van der Waals surface area contributed by atoms with Crippen LogP contribution >= 0.6 is 0 Å². The van der Waals surface area contributed by atoms with Crippen molar-refractivity contribution in [3.05, 3.63) is 12.2 Å². The molecule has 0 aromatic carbocycles. The predicted molar refractivity (Wildman–Crippen MR) is 51.1 cm³/mol. The summed E-state index contributed by atoms with van der Waals surface area (Å²) in [6.45, 7) is 3.19. The number of aliphatic hydroxyl groups is 1. The monoisotopic (exact) mass is 169 g/mol. The first kappa shape index (κ1) is 9.75. The molecule has 2 heteroatoms. The van der Waals surface area contributed by atoms with Gasteiger partial charge >= 0.3 is 0 Å². The van der Waals surface area contributed by atoms with E-state index in [0.717, 1.165) is 19.4 Å². The molecule has 2 N–H and O–H groups in total. The van der Waals surface area contributed by atoms with Gasteiger partial charge < -0.3 is 10.4 Å². The molecule has 0 saturated heterocycles. The maximum Gasteiger partial charge on any atom is 0.0731 e. The summed E-state index contributed by atoms with van der Waals surface area (Å²) < 4.78 is 0. The molecule has 2 unspecified atom stereocenters. The van der Waals surface area contributed by atoms with Gasteiger partial charge in [0.2, 0.25) is 0 Å². The SMILES string of the molecule is CCCCNC1C=CCCC1O. The second-order valence-corrected chi connectivity index (χ2v) is 3.41. The molecule has 0 aliphatic heterocycles. The summed E-state index contributed by atoms with van der Waals surface area (Å²) in [6.07, 6.45) is 8.39. The molecule has 0 saturated carbocycles. The van der Waals surface area contributed by atoms with Gasteiger partial charge in [-0.05, 0) is 25.8 Å². The van der Waals surface area contributed by atoms with E-state index in [2.05, 4.69) is 24.4 Å². The third-order valence-electron chi connectivity index (χ3n) is 2.30. The smallest absolute Gasteiger partial charge is 0.0731 e. The van der Waals surface area contributed by atoms with Gasteiger partial charge in [0.1, 0.15) is 0 Å². The van der Waals surface area contributed by atoms with Gasteiger partial charge in [0, 0.05) is 0 Å². The van der Waals surface area contributed by atoms with Crippen molar-refractivity contribution in [2.24, 2.45) is 0 Å². The second-order valence-electron chi connectivity index (χ2n) is 3.41. The van der Waals surface area contributed by atoms with Crippen molar-refractivity contribution in [3.63, 3.8) is 0 Å². The van der Waals surface area contributed by atoms with Crippen LogP contribution in [0.4, 0.5) is 0 Å². The minimum absolute atomic E-state index is 0.174. The van der Waals surface area contributed by atoms with Crippen LogP contribution in [0, 0.1) is 0 Å². The van der Waals surface area contributed by atoms with Crippen LogP contribution in [0.3, 0.4) is 0 Å². The van der Waals surface area contributed by atoms with Crippen molar-refractivity contribution >= 4 is 0 Å². The number of aliphatic hydroxyl groups excluding tert-OH is 1. The largest absolute Gasteiger partial charge is 0.391 e. The van der Waals surface area contributed by atoms with E-state index >= 15 is 0 Å². The number of nitrogens with one attached hydrogen (secondary N) is 1. The highest BCUT2D eigenvalue weighted by molar-refractivity contribution is 5.01. The molecule has 1 rings (SSSR count). The molecular weight excluding hydrogens is 150 g/mol. The molecule has 12 heavy (non-hydrogen) atoms. The van der Waals surface area contributed by atoms with Gasteiger partial charge in [-0.1, -0.05) is 25.5 Å². The summed E-state index contributed by atoms with van der Waals surface area (Å²) in [6, 6.07) is 0.199. The van der Waals surface area contributed by atoms with Crippen LogP contribution in [-0.2, 0) is 0 Å². The maximum atomic E-state index is 9.55. The number of unbranched alkanes of at least 4 members (excludes halogenated alkanes) is 1. The fourth-order valence-corrected chi connectivity index (χ4v) is 1.47. The van der Waals surface area contributed by atoms with Crippen molar-refractivity contribution in [1.29, 1.82) is 0 Å². The highest BCUT2D eigenvalue weighted by atomic mass is 16.3. The molecule has 0 aromatic heterocycles. The van der Waals surface area contributed by atoms with Gasteiger partial charge in [0.25, 0.3) is 0 Å². The fourth-order valence-electron chi connectivity index (χ4n) is 1.47. The third-order valence-corrected chi connectivity index (χ3v) is 2.30. The summed E-state index contributed by atoms with van der Waals surface area (Å²) in [5.74, 6) is 0. The Kier molecular flexibility index (Phi) is 4.33. The minimum atomic E-state index is -0.174. The van der Waals surface area contributed by atoms with Crippen LogP contribution in [-0.4, -0.2) is 23.8 Å². The maximum absolute atomic E-state index is 9.55. The van der Waals surface area contributed by atoms with E-state index in [1.165, 1.54) is 12.8 Å². The molecule has 1 aliphatic carbocycles. The lowest BCUT2D eigenvalue weighted by molar-refractivity contribution is 0.132. The van der Waals surface area contributed by atoms with E-state index in [0.29, 0.717) is 0 Å². The quantitative estimate of drug-likeness (QED) is 0.493. The van der Waals surface area contributed by atoms with E-state index in [4.69, 9.17) is 0 Å². The van der Waals surface area contributed by atoms with Crippen LogP contribution in [0.15, 0.2) is 12.2 Å². The highest BCUT2D eigenvalue weighted by Gasteiger charge is 2.17. The van der Waals surface area contributed by atoms with Crippen molar-refractivity contribution in [2.45, 2.75) is 44.8 Å². The van der Waals surface area contributed by atoms with Crippen molar-refractivity contribution in [1.82, 2.24) is 5.32 Å². The van der Waals surface area contributed by atoms with Crippen LogP contribution in [0.2, 0.25) is 0 Å². The Morgan fingerprint density at radius 3 is 3.08 bits per heavy atom. The Morgan fingerprint density at radius 1 is 1.58 bits per heavy atom. The first-order valence-corrected chi connectivity index (χ1v) is 4.92. The lowest BCUT2D eigenvalue weighted by Crippen LogP contribution is -2.40. The molecule has 0 aromatic rings. The Labute approximate surface area is 74.7 Å². The summed E-state index contributed by atoms with van der Waals surface area (Å²) in [5, 5.41) is 12.9. The molecule has 1 aliphatic rings. The van der Waals surface area contributed by atoms with E-state index in [1.54, 1.807) is 0 Å². The normalized spacial score (nSPS) is 29.2. The zero-order valence-corrected chi connectivity index (χ0v) is 7.79. The lowest BCUT2D eigenvalue weighted by atomic mass is 9.99. The molecular formula is C10H19NO. The zero-order valence-electron chi connectivity index (χ0n) is 7.79. The standard InChI is InChI=1S/C10H19NO/c1-2-3-8-11-9-6-4-5-7-10(9)12/h4,6,9-12H,2-3,5,7-8H2,1H3. The number of hydrogen-bond donors (Lipinski definition) is 2. The Bertz CT molecular complexity index is 145. The minimum Gasteiger partial charge on any atom is -0.391 e. The molecule has 2 atom stereocenters. The van der Waals surface area contributed by atoms with Crippen molar-refractivity contribution < 1.29 is 5.11 Å². The van der Waals surface area contributed by atoms with Crippen LogP contribution < -0.4 is 5.32 Å². The topological polar surface area (TPSA) is 32.3 Å². The number of allylic oxidation sites excluding steroid dienone is 1. The van der Waals surface area contributed by atoms with Crippen LogP contribution in [0.5, 0.6) is 0 Å². The van der Waals surface area contributed by atoms with E-state index in [9.17, 15) is 5.11 Å². The van der Waals surface area contributed by atoms with Gasteiger partial charge in [-0.3, -0.25) is 0 Å². The van der Waals surface area contributed by atoms with Gasteiger partial charge in [0.05, 0.1) is 12.1 Å². The van der Waals surface area contributed by atoms with Crippen LogP contribution in [0.1, 0.15) is 32.6 Å². The highest BCUT2D eigenvalue weighted by Crippen LogP contribution is 2.11. The first-order chi connectivity index (χ1) is 5.84. The van der Waals surface area contributed by atoms with Gasteiger partial charge in [-0.2, -0.15) is 0 Å². The number of hydrogen-bond acceptors (Lipinski definition) is 2. The molecule has 0 bridgehead atoms. The van der Waals surface area contributed by atoms with Crippen molar-refractivity contribution in [3.8, 4) is 0 Å². The Balaban J connectivity index is 2.20. The van der Waals surface area contributed by atoms with Gasteiger partial charge in [-0.15, -0.1) is 0 Å². The molecule has 0 fully saturated rings. The van der Waals surface area contributed by atoms with E-state index in [-0.39, 0.29) is 12.1 Å². The first-order valence-electron chi connectivity index (χ1n) is 4.92. The summed E-state index contributed by atoms with van der Waals surface area (Å²) in [7, 11) is 0. The fraction of sp³-hybridized carbons (Fsp3) is 0.800. The number of rotatable bonds is 4. The average molecular weight is 169 g/mol. The second kappa shape index (κ2) is 5.33. The molecule has 2 nitrogen and oxygen atoms in total. The molecule has 0 heterocycles. The average Bonchev–Trinajstić information content (AvgIpc) is 2.09. The van der Waals surface area contributed by atoms with Gasteiger partial charge in [0.15, 0.2) is 0 Å². The van der Waals surface area contributed by atoms with Crippen molar-refractivity contribution in [2.75, 3.05) is 6.54 Å². The lowest BCUT2D eigenvalue weighted by Gasteiger charge is -2.23. The summed E-state index contributed by atoms with van der Waals surface area (Å²) in [5.41, 5.74) is 0. The predicted octanol–water partition coefficient (Wildman–Crippen LogP) is 1.46. The Morgan fingerprint density at radius 2 is 2.42 bits per heavy atom. The summed E-state index contributed by atoms with van der Waals surface area (Å²) in [4.78, 5) is 0. The summed E-state index contributed by atoms with van der Waals surface area (Å²) >= 11 is 0.